The molecule has 1 aliphatic rings. The molecule has 0 radical (unpaired) electrons. The maximum Gasteiger partial charge on any atom is 0.253 e. The van der Waals surface area contributed by atoms with E-state index in [0.29, 0.717) is 11.7 Å². The van der Waals surface area contributed by atoms with Gasteiger partial charge in [-0.25, -0.2) is 4.98 Å². The molecular weight excluding hydrogens is 340 g/mol. The van der Waals surface area contributed by atoms with E-state index in [1.807, 2.05) is 30.3 Å². The Morgan fingerprint density at radius 2 is 2.24 bits per heavy atom. The molecule has 1 amide bonds. The summed E-state index contributed by atoms with van der Waals surface area (Å²) in [6.07, 6.45) is 2.04. The van der Waals surface area contributed by atoms with Gasteiger partial charge in [0.1, 0.15) is 11.1 Å². The molecule has 132 valence electrons. The number of hydrogen-bond donors (Lipinski definition) is 3. The molecular formula is C17H20N4O3S. The van der Waals surface area contributed by atoms with Gasteiger partial charge in [0.2, 0.25) is 5.91 Å². The number of anilines is 1. The summed E-state index contributed by atoms with van der Waals surface area (Å²) in [5.74, 6) is -0.0328. The standard InChI is InChI=1S/C17H20N4O3S/c18-13-9-14(22)21-17(20-13)25-15(11-5-2-1-3-6-11)16(23)19-10-12-7-4-8-24-12/h1-3,5-6,9,12,15H,4,7-8,10H2,(H,19,23)(H3,18,20,21,22)/t12-,15+/m1/s1. The molecule has 0 unspecified atom stereocenters. The number of hydrogen-bond acceptors (Lipinski definition) is 6. The predicted octanol–water partition coefficient (Wildman–Crippen LogP) is 1.48. The molecule has 1 fully saturated rings. The third-order valence-electron chi connectivity index (χ3n) is 3.84. The van der Waals surface area contributed by atoms with Crippen LogP contribution in [0, 0.1) is 0 Å². The fourth-order valence-corrected chi connectivity index (χ4v) is 3.66. The topological polar surface area (TPSA) is 110 Å². The lowest BCUT2D eigenvalue weighted by molar-refractivity contribution is -0.121. The average molecular weight is 360 g/mol. The first-order valence-corrected chi connectivity index (χ1v) is 8.97. The van der Waals surface area contributed by atoms with Crippen molar-refractivity contribution in [3.05, 3.63) is 52.3 Å². The number of nitrogen functional groups attached to an aromatic ring is 1. The SMILES string of the molecule is Nc1cc(=O)[nH]c(S[C@H](C(=O)NC[C@H]2CCCO2)c2ccccc2)n1. The smallest absolute Gasteiger partial charge is 0.253 e. The van der Waals surface area contributed by atoms with E-state index in [4.69, 9.17) is 10.5 Å². The first kappa shape index (κ1) is 17.5. The van der Waals surface area contributed by atoms with Gasteiger partial charge in [0.25, 0.3) is 5.56 Å². The van der Waals surface area contributed by atoms with E-state index >= 15 is 0 Å². The zero-order chi connectivity index (χ0) is 17.6. The van der Waals surface area contributed by atoms with Crippen molar-refractivity contribution < 1.29 is 9.53 Å². The molecule has 25 heavy (non-hydrogen) atoms. The van der Waals surface area contributed by atoms with Crippen molar-refractivity contribution in [3.8, 4) is 0 Å². The van der Waals surface area contributed by atoms with Crippen LogP contribution >= 0.6 is 11.8 Å². The van der Waals surface area contributed by atoms with Crippen LogP contribution in [0.15, 0.2) is 46.3 Å². The third-order valence-corrected chi connectivity index (χ3v) is 4.98. The molecule has 0 spiro atoms. The molecule has 2 atom stereocenters. The van der Waals surface area contributed by atoms with Gasteiger partial charge < -0.3 is 20.8 Å². The molecule has 4 N–H and O–H groups in total. The van der Waals surface area contributed by atoms with Crippen molar-refractivity contribution in [1.82, 2.24) is 15.3 Å². The second kappa shape index (κ2) is 8.17. The van der Waals surface area contributed by atoms with Crippen LogP contribution in [0.25, 0.3) is 0 Å². The van der Waals surface area contributed by atoms with Crippen molar-refractivity contribution >= 4 is 23.5 Å². The minimum atomic E-state index is -0.549. The summed E-state index contributed by atoms with van der Waals surface area (Å²) in [7, 11) is 0. The Morgan fingerprint density at radius 3 is 2.92 bits per heavy atom. The quantitative estimate of drug-likeness (QED) is 0.532. The molecule has 3 rings (SSSR count). The Morgan fingerprint density at radius 1 is 1.44 bits per heavy atom. The average Bonchev–Trinajstić information content (AvgIpc) is 3.11. The Kier molecular flexibility index (Phi) is 5.72. The number of benzene rings is 1. The number of thioether (sulfide) groups is 1. The van der Waals surface area contributed by atoms with Crippen LogP contribution in [0.4, 0.5) is 5.82 Å². The molecule has 2 heterocycles. The maximum atomic E-state index is 12.7. The van der Waals surface area contributed by atoms with Crippen LogP contribution in [-0.2, 0) is 9.53 Å². The number of aromatic nitrogens is 2. The molecule has 1 aromatic heterocycles. The molecule has 7 nitrogen and oxygen atoms in total. The van der Waals surface area contributed by atoms with Crippen LogP contribution in [0.5, 0.6) is 0 Å². The van der Waals surface area contributed by atoms with E-state index < -0.39 is 5.25 Å². The summed E-state index contributed by atoms with van der Waals surface area (Å²) in [5, 5.41) is 2.70. The number of aromatic amines is 1. The number of rotatable bonds is 6. The van der Waals surface area contributed by atoms with E-state index in [-0.39, 0.29) is 23.4 Å². The van der Waals surface area contributed by atoms with Crippen LogP contribution in [-0.4, -0.2) is 35.1 Å². The van der Waals surface area contributed by atoms with Gasteiger partial charge in [-0.3, -0.25) is 9.59 Å². The van der Waals surface area contributed by atoms with Crippen LogP contribution in [0.3, 0.4) is 0 Å². The normalized spacial score (nSPS) is 18.0. The fourth-order valence-electron chi connectivity index (χ4n) is 2.63. The third kappa shape index (κ3) is 4.83. The molecule has 0 aliphatic carbocycles. The highest BCUT2D eigenvalue weighted by Gasteiger charge is 2.25. The Hall–Kier alpha value is -2.32. The van der Waals surface area contributed by atoms with Gasteiger partial charge in [-0.15, -0.1) is 0 Å². The number of nitrogens with two attached hydrogens (primary N) is 1. The maximum absolute atomic E-state index is 12.7. The molecule has 2 aromatic rings. The van der Waals surface area contributed by atoms with E-state index in [9.17, 15) is 9.59 Å². The van der Waals surface area contributed by atoms with Crippen molar-refractivity contribution in [2.45, 2.75) is 29.4 Å². The van der Waals surface area contributed by atoms with E-state index in [0.717, 1.165) is 36.8 Å². The predicted molar refractivity (Wildman–Crippen MR) is 96.3 cm³/mol. The number of amides is 1. The number of ether oxygens (including phenoxy) is 1. The molecule has 0 bridgehead atoms. The molecule has 1 aliphatic heterocycles. The minimum absolute atomic E-state index is 0.0654. The summed E-state index contributed by atoms with van der Waals surface area (Å²) in [4.78, 5) is 31.0. The number of nitrogens with one attached hydrogen (secondary N) is 2. The van der Waals surface area contributed by atoms with Crippen molar-refractivity contribution in [1.29, 1.82) is 0 Å². The van der Waals surface area contributed by atoms with Crippen molar-refractivity contribution in [3.63, 3.8) is 0 Å². The molecule has 0 saturated carbocycles. The highest BCUT2D eigenvalue weighted by Crippen LogP contribution is 2.33. The van der Waals surface area contributed by atoms with Gasteiger partial charge in [0.15, 0.2) is 5.16 Å². The van der Waals surface area contributed by atoms with E-state index in [1.54, 1.807) is 0 Å². The highest BCUT2D eigenvalue weighted by atomic mass is 32.2. The van der Waals surface area contributed by atoms with Gasteiger partial charge >= 0.3 is 0 Å². The van der Waals surface area contributed by atoms with Crippen LogP contribution < -0.4 is 16.6 Å². The van der Waals surface area contributed by atoms with Gasteiger partial charge in [-0.1, -0.05) is 42.1 Å². The Bertz CT molecular complexity index is 775. The lowest BCUT2D eigenvalue weighted by Crippen LogP contribution is -2.34. The minimum Gasteiger partial charge on any atom is -0.383 e. The van der Waals surface area contributed by atoms with E-state index in [2.05, 4.69) is 15.3 Å². The second-order valence-corrected chi connectivity index (χ2v) is 6.86. The Labute approximate surface area is 149 Å². The fraction of sp³-hybridized carbons (Fsp3) is 0.353. The highest BCUT2D eigenvalue weighted by molar-refractivity contribution is 8.00. The summed E-state index contributed by atoms with van der Waals surface area (Å²) in [6.45, 7) is 1.22. The van der Waals surface area contributed by atoms with Gasteiger partial charge in [-0.2, -0.15) is 0 Å². The lowest BCUT2D eigenvalue weighted by atomic mass is 10.1. The molecule has 1 aromatic carbocycles. The van der Waals surface area contributed by atoms with Crippen LogP contribution in [0.2, 0.25) is 0 Å². The second-order valence-electron chi connectivity index (χ2n) is 5.76. The Balaban J connectivity index is 1.77. The largest absolute Gasteiger partial charge is 0.383 e. The summed E-state index contributed by atoms with van der Waals surface area (Å²) >= 11 is 1.16. The summed E-state index contributed by atoms with van der Waals surface area (Å²) in [5.41, 5.74) is 6.11. The molecule has 8 heteroatoms. The lowest BCUT2D eigenvalue weighted by Gasteiger charge is -2.18. The number of carbonyl (C=O) groups excluding carboxylic acids is 1. The molecule has 1 saturated heterocycles. The van der Waals surface area contributed by atoms with Gasteiger partial charge in [0.05, 0.1) is 6.10 Å². The monoisotopic (exact) mass is 360 g/mol. The zero-order valence-corrected chi connectivity index (χ0v) is 14.4. The van der Waals surface area contributed by atoms with Crippen molar-refractivity contribution in [2.24, 2.45) is 0 Å². The van der Waals surface area contributed by atoms with Gasteiger partial charge in [-0.05, 0) is 18.4 Å². The van der Waals surface area contributed by atoms with Gasteiger partial charge in [0, 0.05) is 19.2 Å². The first-order chi connectivity index (χ1) is 12.1. The first-order valence-electron chi connectivity index (χ1n) is 8.09. The van der Waals surface area contributed by atoms with Crippen molar-refractivity contribution in [2.75, 3.05) is 18.9 Å². The number of nitrogens with zero attached hydrogens (tertiary/aromatic N) is 1. The van der Waals surface area contributed by atoms with Crippen LogP contribution in [0.1, 0.15) is 23.7 Å². The number of H-pyrrole nitrogens is 1. The zero-order valence-electron chi connectivity index (χ0n) is 13.6. The van der Waals surface area contributed by atoms with E-state index in [1.165, 1.54) is 6.07 Å². The summed E-state index contributed by atoms with van der Waals surface area (Å²) in [6, 6.07) is 10.6. The number of carbonyl (C=O) groups is 1. The summed E-state index contributed by atoms with van der Waals surface area (Å²) < 4.78 is 5.54.